The summed E-state index contributed by atoms with van der Waals surface area (Å²) < 4.78 is 6.14. The number of carbonyl (C=O) groups is 2. The molecule has 0 fully saturated rings. The third-order valence-corrected chi connectivity index (χ3v) is 3.94. The molecule has 2 amide bonds. The molecule has 0 aliphatic carbocycles. The number of hydrazine groups is 1. The number of benzene rings is 2. The van der Waals surface area contributed by atoms with Gasteiger partial charge >= 0.3 is 0 Å². The zero-order chi connectivity index (χ0) is 18.9. The van der Waals surface area contributed by atoms with Crippen LogP contribution in [0.3, 0.4) is 0 Å². The molecule has 0 aliphatic rings. The summed E-state index contributed by atoms with van der Waals surface area (Å²) in [5.74, 6) is -0.522. The number of rotatable bonds is 5. The Balaban J connectivity index is 1.76. The maximum Gasteiger partial charge on any atom is 0.276 e. The van der Waals surface area contributed by atoms with Crippen LogP contribution in [0.25, 0.3) is 6.08 Å². The molecule has 26 heavy (non-hydrogen) atoms. The maximum absolute atomic E-state index is 11.7. The van der Waals surface area contributed by atoms with Crippen molar-refractivity contribution in [3.05, 3.63) is 69.7 Å². The second-order valence-electron chi connectivity index (χ2n) is 5.32. The number of ether oxygens (including phenoxy) is 1. The normalized spacial score (nSPS) is 10.2. The lowest BCUT2D eigenvalue weighted by molar-refractivity contribution is -0.128. The molecule has 0 aromatic heterocycles. The van der Waals surface area contributed by atoms with Gasteiger partial charge in [0.1, 0.15) is 5.75 Å². The van der Waals surface area contributed by atoms with E-state index in [0.29, 0.717) is 11.3 Å². The van der Waals surface area contributed by atoms with E-state index in [-0.39, 0.29) is 6.61 Å². The Morgan fingerprint density at radius 3 is 2.58 bits per heavy atom. The van der Waals surface area contributed by atoms with Crippen molar-refractivity contribution in [2.75, 3.05) is 6.61 Å². The molecule has 2 aromatic rings. The van der Waals surface area contributed by atoms with Crippen molar-refractivity contribution in [1.82, 2.24) is 10.9 Å². The topological polar surface area (TPSA) is 91.2 Å². The lowest BCUT2D eigenvalue weighted by Crippen LogP contribution is -2.43. The highest BCUT2D eigenvalue weighted by Crippen LogP contribution is 2.19. The Morgan fingerprint density at radius 2 is 1.92 bits per heavy atom. The standard InChI is InChI=1S/C19H16BrN3O3/c1-13-2-5-15(17(20)10-13)6-9-18(24)22-23-19(25)12-26-16-7-3-14(11-21)4-8-16/h2-10H,12H2,1H3,(H,22,24)(H,23,25)/b9-6+. The number of amides is 2. The SMILES string of the molecule is Cc1ccc(/C=C/C(=O)NNC(=O)COc2ccc(C#N)cc2)c(Br)c1. The highest BCUT2D eigenvalue weighted by molar-refractivity contribution is 9.10. The number of hydrogen-bond acceptors (Lipinski definition) is 4. The Kier molecular flexibility index (Phi) is 6.94. The zero-order valence-electron chi connectivity index (χ0n) is 14.0. The summed E-state index contributed by atoms with van der Waals surface area (Å²) in [6.07, 6.45) is 2.95. The summed E-state index contributed by atoms with van der Waals surface area (Å²) in [4.78, 5) is 23.4. The van der Waals surface area contributed by atoms with Gasteiger partial charge in [-0.15, -0.1) is 0 Å². The highest BCUT2D eigenvalue weighted by Gasteiger charge is 2.04. The number of nitrogens with one attached hydrogen (secondary N) is 2. The molecule has 0 bridgehead atoms. The molecule has 0 spiro atoms. The zero-order valence-corrected chi connectivity index (χ0v) is 15.5. The average Bonchev–Trinajstić information content (AvgIpc) is 2.64. The Morgan fingerprint density at radius 1 is 1.19 bits per heavy atom. The molecule has 2 rings (SSSR count). The first-order chi connectivity index (χ1) is 12.5. The Labute approximate surface area is 159 Å². The molecule has 0 aliphatic heterocycles. The summed E-state index contributed by atoms with van der Waals surface area (Å²) in [5.41, 5.74) is 6.98. The number of aryl methyl sites for hydroxylation is 1. The fourth-order valence-electron chi connectivity index (χ4n) is 1.92. The van der Waals surface area contributed by atoms with Gasteiger partial charge in [0.25, 0.3) is 11.8 Å². The molecule has 6 nitrogen and oxygen atoms in total. The van der Waals surface area contributed by atoms with Gasteiger partial charge < -0.3 is 4.74 Å². The maximum atomic E-state index is 11.7. The first-order valence-electron chi connectivity index (χ1n) is 7.64. The molecule has 0 radical (unpaired) electrons. The molecule has 2 N–H and O–H groups in total. The van der Waals surface area contributed by atoms with Gasteiger partial charge in [0.15, 0.2) is 6.61 Å². The summed E-state index contributed by atoms with van der Waals surface area (Å²) >= 11 is 3.42. The van der Waals surface area contributed by atoms with Crippen molar-refractivity contribution in [1.29, 1.82) is 5.26 Å². The monoisotopic (exact) mass is 413 g/mol. The smallest absolute Gasteiger partial charge is 0.276 e. The second kappa shape index (κ2) is 9.39. The van der Waals surface area contributed by atoms with Gasteiger partial charge in [0, 0.05) is 10.5 Å². The van der Waals surface area contributed by atoms with Crippen molar-refractivity contribution < 1.29 is 14.3 Å². The Bertz CT molecular complexity index is 871. The van der Waals surface area contributed by atoms with E-state index in [1.807, 2.05) is 31.2 Å². The third-order valence-electron chi connectivity index (χ3n) is 3.25. The molecule has 0 saturated carbocycles. The molecular formula is C19H16BrN3O3. The molecule has 0 unspecified atom stereocenters. The van der Waals surface area contributed by atoms with E-state index in [9.17, 15) is 9.59 Å². The number of carbonyl (C=O) groups excluding carboxylic acids is 2. The van der Waals surface area contributed by atoms with Crippen molar-refractivity contribution >= 4 is 33.8 Å². The van der Waals surface area contributed by atoms with Crippen LogP contribution in [0, 0.1) is 18.3 Å². The predicted octanol–water partition coefficient (Wildman–Crippen LogP) is 2.87. The van der Waals surface area contributed by atoms with Gasteiger partial charge in [-0.1, -0.05) is 28.1 Å². The van der Waals surface area contributed by atoms with E-state index in [1.54, 1.807) is 30.3 Å². The lowest BCUT2D eigenvalue weighted by Gasteiger charge is -2.07. The molecule has 0 heterocycles. The van der Waals surface area contributed by atoms with Crippen molar-refractivity contribution in [3.8, 4) is 11.8 Å². The summed E-state index contributed by atoms with van der Waals surface area (Å²) in [7, 11) is 0. The van der Waals surface area contributed by atoms with Crippen LogP contribution in [0.1, 0.15) is 16.7 Å². The van der Waals surface area contributed by atoms with Gasteiger partial charge in [0.2, 0.25) is 0 Å². The Hall–Kier alpha value is -3.11. The summed E-state index contributed by atoms with van der Waals surface area (Å²) in [6.45, 7) is 1.71. The summed E-state index contributed by atoms with van der Waals surface area (Å²) in [6, 6.07) is 14.1. The van der Waals surface area contributed by atoms with E-state index in [2.05, 4.69) is 26.8 Å². The van der Waals surface area contributed by atoms with E-state index in [1.165, 1.54) is 6.08 Å². The fourth-order valence-corrected chi connectivity index (χ4v) is 2.54. The van der Waals surface area contributed by atoms with E-state index in [4.69, 9.17) is 10.00 Å². The second-order valence-corrected chi connectivity index (χ2v) is 6.17. The largest absolute Gasteiger partial charge is 0.484 e. The highest BCUT2D eigenvalue weighted by atomic mass is 79.9. The van der Waals surface area contributed by atoms with Gasteiger partial charge in [-0.25, -0.2) is 0 Å². The first kappa shape index (κ1) is 19.2. The van der Waals surface area contributed by atoms with Gasteiger partial charge in [0.05, 0.1) is 11.6 Å². The van der Waals surface area contributed by atoms with Crippen LogP contribution in [0.4, 0.5) is 0 Å². The molecule has 2 aromatic carbocycles. The molecule has 0 saturated heterocycles. The van der Waals surface area contributed by atoms with Gasteiger partial charge in [-0.05, 0) is 54.5 Å². The van der Waals surface area contributed by atoms with Gasteiger partial charge in [-0.3, -0.25) is 20.4 Å². The minimum Gasteiger partial charge on any atom is -0.484 e. The van der Waals surface area contributed by atoms with Crippen molar-refractivity contribution in [2.24, 2.45) is 0 Å². The fraction of sp³-hybridized carbons (Fsp3) is 0.105. The number of hydrogen-bond donors (Lipinski definition) is 2. The van der Waals surface area contributed by atoms with Crippen LogP contribution in [-0.2, 0) is 9.59 Å². The van der Waals surface area contributed by atoms with E-state index >= 15 is 0 Å². The first-order valence-corrected chi connectivity index (χ1v) is 8.43. The van der Waals surface area contributed by atoms with E-state index in [0.717, 1.165) is 15.6 Å². The molecular weight excluding hydrogens is 398 g/mol. The number of halogens is 1. The van der Waals surface area contributed by atoms with Crippen LogP contribution < -0.4 is 15.6 Å². The average molecular weight is 414 g/mol. The van der Waals surface area contributed by atoms with Gasteiger partial charge in [-0.2, -0.15) is 5.26 Å². The molecule has 7 heteroatoms. The molecule has 132 valence electrons. The van der Waals surface area contributed by atoms with Crippen molar-refractivity contribution in [3.63, 3.8) is 0 Å². The summed E-state index contributed by atoms with van der Waals surface area (Å²) in [5, 5.41) is 8.71. The van der Waals surface area contributed by atoms with Crippen molar-refractivity contribution in [2.45, 2.75) is 6.92 Å². The quantitative estimate of drug-likeness (QED) is 0.582. The number of nitrogens with zero attached hydrogens (tertiary/aromatic N) is 1. The minimum absolute atomic E-state index is 0.264. The molecule has 0 atom stereocenters. The van der Waals surface area contributed by atoms with E-state index < -0.39 is 11.8 Å². The van der Waals surface area contributed by atoms with Crippen LogP contribution in [-0.4, -0.2) is 18.4 Å². The van der Waals surface area contributed by atoms with Crippen LogP contribution >= 0.6 is 15.9 Å². The number of nitriles is 1. The lowest BCUT2D eigenvalue weighted by atomic mass is 10.1. The van der Waals surface area contributed by atoms with Crippen LogP contribution in [0.2, 0.25) is 0 Å². The predicted molar refractivity (Wildman–Crippen MR) is 101 cm³/mol. The van der Waals surface area contributed by atoms with Crippen LogP contribution in [0.15, 0.2) is 53.0 Å². The van der Waals surface area contributed by atoms with Crippen LogP contribution in [0.5, 0.6) is 5.75 Å². The third kappa shape index (κ3) is 6.07. The minimum atomic E-state index is -0.507.